The van der Waals surface area contributed by atoms with Gasteiger partial charge in [-0.2, -0.15) is 0 Å². The van der Waals surface area contributed by atoms with E-state index in [2.05, 4.69) is 0 Å². The summed E-state index contributed by atoms with van der Waals surface area (Å²) in [5, 5.41) is 9.62. The fraction of sp³-hybridized carbons (Fsp3) is 0.500. The molecule has 0 amide bonds. The van der Waals surface area contributed by atoms with Gasteiger partial charge in [-0.25, -0.2) is 4.39 Å². The van der Waals surface area contributed by atoms with Crippen molar-refractivity contribution in [2.24, 2.45) is 5.73 Å². The number of rotatable bonds is 6. The fourth-order valence-electron chi connectivity index (χ4n) is 1.30. The Bertz CT molecular complexity index is 329. The molecule has 3 nitrogen and oxygen atoms in total. The molecule has 3 N–H and O–H groups in total. The molecule has 0 aliphatic rings. The number of para-hydroxylation sites is 1. The van der Waals surface area contributed by atoms with E-state index in [1.807, 2.05) is 0 Å². The summed E-state index contributed by atoms with van der Waals surface area (Å²) < 4.78 is 18.4. The van der Waals surface area contributed by atoms with Crippen LogP contribution in [0.2, 0.25) is 0 Å². The first-order valence-corrected chi connectivity index (χ1v) is 5.35. The number of hydrogen-bond acceptors (Lipinski definition) is 3. The van der Waals surface area contributed by atoms with Gasteiger partial charge in [-0.3, -0.25) is 0 Å². The number of ether oxygens (including phenoxy) is 1. The number of nitrogens with two attached hydrogens (primary N) is 1. The maximum atomic E-state index is 13.1. The van der Waals surface area contributed by atoms with E-state index in [9.17, 15) is 9.50 Å². The van der Waals surface area contributed by atoms with Gasteiger partial charge in [0.2, 0.25) is 0 Å². The normalized spacial score (nSPS) is 14.5. The van der Waals surface area contributed by atoms with E-state index in [4.69, 9.17) is 10.5 Å². The summed E-state index contributed by atoms with van der Waals surface area (Å²) in [7, 11) is 0. The Kier molecular flexibility index (Phi) is 4.71. The summed E-state index contributed by atoms with van der Waals surface area (Å²) in [6.45, 7) is 2.26. The molecule has 4 heteroatoms. The maximum Gasteiger partial charge on any atom is 0.165 e. The predicted octanol–water partition coefficient (Wildman–Crippen LogP) is 1.69. The van der Waals surface area contributed by atoms with Crippen molar-refractivity contribution in [2.75, 3.05) is 13.2 Å². The molecule has 1 atom stereocenters. The maximum absolute atomic E-state index is 13.1. The molecule has 0 fully saturated rings. The lowest BCUT2D eigenvalue weighted by Gasteiger charge is -2.20. The minimum Gasteiger partial charge on any atom is -0.491 e. The van der Waals surface area contributed by atoms with Crippen molar-refractivity contribution < 1.29 is 14.2 Å². The van der Waals surface area contributed by atoms with Crippen LogP contribution < -0.4 is 10.5 Å². The molecule has 1 aromatic rings. The average Bonchev–Trinajstić information content (AvgIpc) is 2.27. The van der Waals surface area contributed by atoms with Crippen molar-refractivity contribution in [3.8, 4) is 5.75 Å². The van der Waals surface area contributed by atoms with Crippen molar-refractivity contribution >= 4 is 0 Å². The molecule has 0 aliphatic carbocycles. The van der Waals surface area contributed by atoms with Crippen LogP contribution in [-0.2, 0) is 0 Å². The summed E-state index contributed by atoms with van der Waals surface area (Å²) >= 11 is 0. The Hall–Kier alpha value is -1.13. The van der Waals surface area contributed by atoms with Crippen LogP contribution in [0.4, 0.5) is 4.39 Å². The van der Waals surface area contributed by atoms with E-state index in [1.165, 1.54) is 6.07 Å². The first-order chi connectivity index (χ1) is 7.55. The Morgan fingerprint density at radius 3 is 2.75 bits per heavy atom. The molecule has 0 saturated carbocycles. The SMILES string of the molecule is CC(O)(CN)CCCOc1ccccc1F. The Morgan fingerprint density at radius 1 is 1.44 bits per heavy atom. The minimum absolute atomic E-state index is 0.215. The van der Waals surface area contributed by atoms with Crippen LogP contribution in [0.5, 0.6) is 5.75 Å². The second-order valence-corrected chi connectivity index (χ2v) is 4.08. The lowest BCUT2D eigenvalue weighted by molar-refractivity contribution is 0.0534. The van der Waals surface area contributed by atoms with Gasteiger partial charge >= 0.3 is 0 Å². The van der Waals surface area contributed by atoms with E-state index in [0.29, 0.717) is 19.4 Å². The summed E-state index contributed by atoms with van der Waals surface area (Å²) in [4.78, 5) is 0. The molecule has 0 aliphatic heterocycles. The van der Waals surface area contributed by atoms with Crippen molar-refractivity contribution in [1.29, 1.82) is 0 Å². The Balaban J connectivity index is 2.29. The van der Waals surface area contributed by atoms with Crippen molar-refractivity contribution in [2.45, 2.75) is 25.4 Å². The summed E-state index contributed by atoms with van der Waals surface area (Å²) in [6.07, 6.45) is 1.18. The highest BCUT2D eigenvalue weighted by Crippen LogP contribution is 2.16. The van der Waals surface area contributed by atoms with Gasteiger partial charge in [0, 0.05) is 6.54 Å². The fourth-order valence-corrected chi connectivity index (χ4v) is 1.30. The van der Waals surface area contributed by atoms with Gasteiger partial charge in [-0.15, -0.1) is 0 Å². The van der Waals surface area contributed by atoms with Gasteiger partial charge < -0.3 is 15.6 Å². The molecule has 0 radical (unpaired) electrons. The zero-order valence-electron chi connectivity index (χ0n) is 9.45. The van der Waals surface area contributed by atoms with Gasteiger partial charge in [0.1, 0.15) is 0 Å². The standard InChI is InChI=1S/C12H18FNO2/c1-12(15,9-14)7-4-8-16-11-6-3-2-5-10(11)13/h2-3,5-6,15H,4,7-9,14H2,1H3. The van der Waals surface area contributed by atoms with Crippen LogP contribution in [0.25, 0.3) is 0 Å². The van der Waals surface area contributed by atoms with Crippen LogP contribution in [0, 0.1) is 5.82 Å². The van der Waals surface area contributed by atoms with Crippen LogP contribution in [-0.4, -0.2) is 23.9 Å². The quantitative estimate of drug-likeness (QED) is 0.727. The van der Waals surface area contributed by atoms with Gasteiger partial charge in [0.25, 0.3) is 0 Å². The van der Waals surface area contributed by atoms with Crippen LogP contribution in [0.1, 0.15) is 19.8 Å². The summed E-state index contributed by atoms with van der Waals surface area (Å²) in [5.74, 6) is -0.122. The highest BCUT2D eigenvalue weighted by atomic mass is 19.1. The van der Waals surface area contributed by atoms with E-state index < -0.39 is 5.60 Å². The number of benzene rings is 1. The van der Waals surface area contributed by atoms with Gasteiger partial charge in [0.05, 0.1) is 12.2 Å². The van der Waals surface area contributed by atoms with E-state index >= 15 is 0 Å². The molecule has 0 saturated heterocycles. The molecule has 1 aromatic carbocycles. The lowest BCUT2D eigenvalue weighted by Crippen LogP contribution is -2.34. The molecule has 0 bridgehead atoms. The average molecular weight is 227 g/mol. The first kappa shape index (κ1) is 12.9. The molecule has 0 aromatic heterocycles. The third kappa shape index (κ3) is 4.16. The zero-order chi connectivity index (χ0) is 12.0. The van der Waals surface area contributed by atoms with Crippen molar-refractivity contribution in [3.05, 3.63) is 30.1 Å². The smallest absolute Gasteiger partial charge is 0.165 e. The number of aliphatic hydroxyl groups is 1. The number of hydrogen-bond donors (Lipinski definition) is 2. The zero-order valence-corrected chi connectivity index (χ0v) is 9.45. The third-order valence-corrected chi connectivity index (χ3v) is 2.39. The molecular weight excluding hydrogens is 209 g/mol. The molecule has 16 heavy (non-hydrogen) atoms. The third-order valence-electron chi connectivity index (χ3n) is 2.39. The molecular formula is C12H18FNO2. The monoisotopic (exact) mass is 227 g/mol. The van der Waals surface area contributed by atoms with Crippen LogP contribution >= 0.6 is 0 Å². The number of halogens is 1. The largest absolute Gasteiger partial charge is 0.491 e. The predicted molar refractivity (Wildman–Crippen MR) is 60.8 cm³/mol. The lowest BCUT2D eigenvalue weighted by atomic mass is 10.0. The van der Waals surface area contributed by atoms with Crippen LogP contribution in [0.3, 0.4) is 0 Å². The first-order valence-electron chi connectivity index (χ1n) is 5.35. The summed E-state index contributed by atoms with van der Waals surface area (Å²) in [5.41, 5.74) is 4.51. The van der Waals surface area contributed by atoms with E-state index in [1.54, 1.807) is 25.1 Å². The van der Waals surface area contributed by atoms with Gasteiger partial charge in [0.15, 0.2) is 11.6 Å². The Labute approximate surface area is 95.0 Å². The van der Waals surface area contributed by atoms with E-state index in [0.717, 1.165) is 0 Å². The Morgan fingerprint density at radius 2 is 2.12 bits per heavy atom. The second-order valence-electron chi connectivity index (χ2n) is 4.08. The highest BCUT2D eigenvalue weighted by molar-refractivity contribution is 5.23. The van der Waals surface area contributed by atoms with E-state index in [-0.39, 0.29) is 18.1 Å². The van der Waals surface area contributed by atoms with Crippen molar-refractivity contribution in [3.63, 3.8) is 0 Å². The molecule has 0 heterocycles. The molecule has 1 rings (SSSR count). The van der Waals surface area contributed by atoms with Gasteiger partial charge in [-0.1, -0.05) is 12.1 Å². The second kappa shape index (κ2) is 5.82. The minimum atomic E-state index is -0.863. The highest BCUT2D eigenvalue weighted by Gasteiger charge is 2.17. The topological polar surface area (TPSA) is 55.5 Å². The van der Waals surface area contributed by atoms with Gasteiger partial charge in [-0.05, 0) is 31.9 Å². The summed E-state index contributed by atoms with van der Waals surface area (Å²) in [6, 6.07) is 6.26. The molecule has 0 spiro atoms. The van der Waals surface area contributed by atoms with Crippen molar-refractivity contribution in [1.82, 2.24) is 0 Å². The van der Waals surface area contributed by atoms with Crippen LogP contribution in [0.15, 0.2) is 24.3 Å². The molecule has 1 unspecified atom stereocenters. The molecule has 90 valence electrons.